The summed E-state index contributed by atoms with van der Waals surface area (Å²) in [7, 11) is 0. The summed E-state index contributed by atoms with van der Waals surface area (Å²) in [6.07, 6.45) is -0.488. The third-order valence-electron chi connectivity index (χ3n) is 4.10. The second-order valence-corrected chi connectivity index (χ2v) is 5.92. The fourth-order valence-electron chi connectivity index (χ4n) is 2.73. The number of rotatable bonds is 4. The van der Waals surface area contributed by atoms with Gasteiger partial charge in [-0.2, -0.15) is 5.10 Å². The topological polar surface area (TPSA) is 58.6 Å². The minimum atomic E-state index is -0.488. The molecule has 6 nitrogen and oxygen atoms in total. The van der Waals surface area contributed by atoms with Crippen LogP contribution in [0.2, 0.25) is 0 Å². The highest BCUT2D eigenvalue weighted by atomic mass is 16.5. The van der Waals surface area contributed by atoms with E-state index in [0.717, 1.165) is 24.6 Å². The number of ether oxygens (including phenoxy) is 1. The second-order valence-electron chi connectivity index (χ2n) is 5.92. The zero-order chi connectivity index (χ0) is 16.9. The van der Waals surface area contributed by atoms with Crippen molar-refractivity contribution in [3.8, 4) is 5.75 Å². The van der Waals surface area contributed by atoms with Gasteiger partial charge in [0.15, 0.2) is 11.9 Å². The molecule has 1 fully saturated rings. The van der Waals surface area contributed by atoms with Gasteiger partial charge < -0.3 is 14.5 Å². The maximum Gasteiger partial charge on any atom is 0.263 e. The molecule has 0 radical (unpaired) electrons. The molecule has 1 aliphatic heterocycles. The van der Waals surface area contributed by atoms with E-state index in [1.807, 2.05) is 54.3 Å². The highest BCUT2D eigenvalue weighted by molar-refractivity contribution is 5.81. The van der Waals surface area contributed by atoms with Crippen molar-refractivity contribution < 1.29 is 9.53 Å². The Morgan fingerprint density at radius 3 is 2.38 bits per heavy atom. The summed E-state index contributed by atoms with van der Waals surface area (Å²) in [6, 6.07) is 13.4. The minimum absolute atomic E-state index is 0.0218. The van der Waals surface area contributed by atoms with Crippen LogP contribution >= 0.6 is 0 Å². The van der Waals surface area contributed by atoms with Crippen LogP contribution in [0.4, 0.5) is 5.82 Å². The van der Waals surface area contributed by atoms with Crippen LogP contribution < -0.4 is 9.64 Å². The summed E-state index contributed by atoms with van der Waals surface area (Å²) in [5, 5.41) is 8.30. The molecule has 1 saturated heterocycles. The first-order chi connectivity index (χ1) is 11.6. The van der Waals surface area contributed by atoms with Crippen molar-refractivity contribution in [1.29, 1.82) is 0 Å². The Morgan fingerprint density at radius 1 is 1.04 bits per heavy atom. The number of hydrogen-bond donors (Lipinski definition) is 0. The molecule has 1 aromatic carbocycles. The summed E-state index contributed by atoms with van der Waals surface area (Å²) in [5.41, 5.74) is 0.902. The number of amides is 1. The lowest BCUT2D eigenvalue weighted by Crippen LogP contribution is -2.52. The van der Waals surface area contributed by atoms with Gasteiger partial charge in [0.25, 0.3) is 5.91 Å². The zero-order valence-electron chi connectivity index (χ0n) is 14.1. The van der Waals surface area contributed by atoms with E-state index in [1.165, 1.54) is 0 Å². The molecule has 126 valence electrons. The van der Waals surface area contributed by atoms with Gasteiger partial charge in [-0.3, -0.25) is 4.79 Å². The lowest BCUT2D eigenvalue weighted by molar-refractivity contribution is -0.138. The van der Waals surface area contributed by atoms with E-state index in [0.29, 0.717) is 18.8 Å². The Morgan fingerprint density at radius 2 is 1.75 bits per heavy atom. The lowest BCUT2D eigenvalue weighted by atomic mass is 10.2. The first-order valence-electron chi connectivity index (χ1n) is 8.19. The summed E-state index contributed by atoms with van der Waals surface area (Å²) in [4.78, 5) is 16.5. The van der Waals surface area contributed by atoms with Crippen molar-refractivity contribution in [2.24, 2.45) is 0 Å². The van der Waals surface area contributed by atoms with E-state index in [2.05, 4.69) is 15.1 Å². The van der Waals surface area contributed by atoms with Crippen molar-refractivity contribution in [2.75, 3.05) is 31.1 Å². The van der Waals surface area contributed by atoms with Gasteiger partial charge in [0.1, 0.15) is 5.75 Å². The van der Waals surface area contributed by atoms with Crippen LogP contribution in [0.5, 0.6) is 5.75 Å². The van der Waals surface area contributed by atoms with E-state index >= 15 is 0 Å². The van der Waals surface area contributed by atoms with E-state index in [9.17, 15) is 4.79 Å². The molecule has 24 heavy (non-hydrogen) atoms. The SMILES string of the molecule is Cc1ccc(N2CCN(C(=O)C(C)Oc3ccccc3)CC2)nn1. The first-order valence-corrected chi connectivity index (χ1v) is 8.19. The van der Waals surface area contributed by atoms with Gasteiger partial charge in [-0.15, -0.1) is 5.10 Å². The van der Waals surface area contributed by atoms with Crippen LogP contribution in [-0.2, 0) is 4.79 Å². The molecule has 3 rings (SSSR count). The van der Waals surface area contributed by atoms with Gasteiger partial charge >= 0.3 is 0 Å². The van der Waals surface area contributed by atoms with E-state index in [-0.39, 0.29) is 5.91 Å². The number of piperazine rings is 1. The normalized spacial score (nSPS) is 15.9. The molecule has 0 N–H and O–H groups in total. The van der Waals surface area contributed by atoms with Crippen molar-refractivity contribution in [1.82, 2.24) is 15.1 Å². The van der Waals surface area contributed by atoms with E-state index < -0.39 is 6.10 Å². The molecule has 0 saturated carbocycles. The maximum atomic E-state index is 12.5. The molecule has 1 atom stereocenters. The Bertz CT molecular complexity index is 667. The molecule has 1 amide bonds. The van der Waals surface area contributed by atoms with Crippen LogP contribution in [0.1, 0.15) is 12.6 Å². The summed E-state index contributed by atoms with van der Waals surface area (Å²) >= 11 is 0. The predicted molar refractivity (Wildman–Crippen MR) is 92.1 cm³/mol. The molecule has 1 aliphatic rings. The average Bonchev–Trinajstić information content (AvgIpc) is 2.63. The number of hydrogen-bond acceptors (Lipinski definition) is 5. The highest BCUT2D eigenvalue weighted by Gasteiger charge is 2.26. The molecule has 1 unspecified atom stereocenters. The third-order valence-corrected chi connectivity index (χ3v) is 4.10. The predicted octanol–water partition coefficient (Wildman–Crippen LogP) is 1.90. The largest absolute Gasteiger partial charge is 0.481 e. The fraction of sp³-hybridized carbons (Fsp3) is 0.389. The number of aryl methyl sites for hydroxylation is 1. The van der Waals surface area contributed by atoms with Crippen molar-refractivity contribution >= 4 is 11.7 Å². The number of carbonyl (C=O) groups is 1. The van der Waals surface area contributed by atoms with Gasteiger partial charge in [0.05, 0.1) is 5.69 Å². The molecule has 2 heterocycles. The van der Waals surface area contributed by atoms with Crippen LogP contribution in [0.15, 0.2) is 42.5 Å². The van der Waals surface area contributed by atoms with Gasteiger partial charge in [0.2, 0.25) is 0 Å². The molecule has 1 aromatic heterocycles. The standard InChI is InChI=1S/C18H22N4O2/c1-14-8-9-17(20-19-14)21-10-12-22(13-11-21)18(23)15(2)24-16-6-4-3-5-7-16/h3-9,15H,10-13H2,1-2H3. The summed E-state index contributed by atoms with van der Waals surface area (Å²) < 4.78 is 5.73. The first kappa shape index (κ1) is 16.2. The van der Waals surface area contributed by atoms with Crippen LogP contribution in [0.25, 0.3) is 0 Å². The lowest BCUT2D eigenvalue weighted by Gasteiger charge is -2.36. The summed E-state index contributed by atoms with van der Waals surface area (Å²) in [6.45, 7) is 6.55. The molecular formula is C18H22N4O2. The molecular weight excluding hydrogens is 304 g/mol. The molecule has 0 spiro atoms. The monoisotopic (exact) mass is 326 g/mol. The Balaban J connectivity index is 1.54. The van der Waals surface area contributed by atoms with Crippen molar-refractivity contribution in [3.63, 3.8) is 0 Å². The number of benzene rings is 1. The molecule has 0 bridgehead atoms. The minimum Gasteiger partial charge on any atom is -0.481 e. The van der Waals surface area contributed by atoms with Gasteiger partial charge in [-0.05, 0) is 38.1 Å². The van der Waals surface area contributed by atoms with Gasteiger partial charge in [-0.1, -0.05) is 18.2 Å². The average molecular weight is 326 g/mol. The highest BCUT2D eigenvalue weighted by Crippen LogP contribution is 2.15. The zero-order valence-corrected chi connectivity index (χ0v) is 14.1. The van der Waals surface area contributed by atoms with Crippen LogP contribution in [0, 0.1) is 6.92 Å². The quantitative estimate of drug-likeness (QED) is 0.859. The van der Waals surface area contributed by atoms with E-state index in [1.54, 1.807) is 6.92 Å². The van der Waals surface area contributed by atoms with Gasteiger partial charge in [0, 0.05) is 26.2 Å². The number of para-hydroxylation sites is 1. The Kier molecular flexibility index (Phi) is 4.93. The second kappa shape index (κ2) is 7.29. The van der Waals surface area contributed by atoms with E-state index in [4.69, 9.17) is 4.74 Å². The smallest absolute Gasteiger partial charge is 0.263 e. The Hall–Kier alpha value is -2.63. The number of nitrogens with zero attached hydrogens (tertiary/aromatic N) is 4. The molecule has 6 heteroatoms. The fourth-order valence-corrected chi connectivity index (χ4v) is 2.73. The number of anilines is 1. The Labute approximate surface area is 142 Å². The van der Waals surface area contributed by atoms with Crippen molar-refractivity contribution in [2.45, 2.75) is 20.0 Å². The molecule has 2 aromatic rings. The molecule has 0 aliphatic carbocycles. The maximum absolute atomic E-state index is 12.5. The number of aromatic nitrogens is 2. The van der Waals surface area contributed by atoms with Gasteiger partial charge in [-0.25, -0.2) is 0 Å². The van der Waals surface area contributed by atoms with Crippen molar-refractivity contribution in [3.05, 3.63) is 48.2 Å². The number of carbonyl (C=O) groups excluding carboxylic acids is 1. The van der Waals surface area contributed by atoms with Crippen LogP contribution in [0.3, 0.4) is 0 Å². The summed E-state index contributed by atoms with van der Waals surface area (Å²) in [5.74, 6) is 1.60. The third kappa shape index (κ3) is 3.82. The van der Waals surface area contributed by atoms with Crippen LogP contribution in [-0.4, -0.2) is 53.3 Å².